The summed E-state index contributed by atoms with van der Waals surface area (Å²) in [5.41, 5.74) is -0.256. The SMILES string of the molecule is COC(=O)C[C@@H](O)C(C)(C)C. The molecule has 66 valence electrons. The fourth-order valence-electron chi connectivity index (χ4n) is 0.547. The van der Waals surface area contributed by atoms with Crippen LogP contribution in [0.3, 0.4) is 0 Å². The van der Waals surface area contributed by atoms with Crippen LogP contribution in [0.1, 0.15) is 27.2 Å². The van der Waals surface area contributed by atoms with E-state index >= 15 is 0 Å². The molecule has 3 heteroatoms. The number of esters is 1. The number of hydrogen-bond donors (Lipinski definition) is 1. The van der Waals surface area contributed by atoms with Gasteiger partial charge in [-0.3, -0.25) is 4.79 Å². The normalized spacial score (nSPS) is 14.3. The maximum Gasteiger partial charge on any atom is 0.308 e. The average molecular weight is 160 g/mol. The van der Waals surface area contributed by atoms with Gasteiger partial charge in [0.2, 0.25) is 0 Å². The highest BCUT2D eigenvalue weighted by Gasteiger charge is 2.24. The Balaban J connectivity index is 3.87. The van der Waals surface area contributed by atoms with Gasteiger partial charge in [0.05, 0.1) is 19.6 Å². The van der Waals surface area contributed by atoms with Crippen molar-refractivity contribution in [3.05, 3.63) is 0 Å². The first-order valence-corrected chi connectivity index (χ1v) is 3.63. The molecular formula is C8H16O3. The molecule has 0 saturated carbocycles. The van der Waals surface area contributed by atoms with E-state index in [0.717, 1.165) is 0 Å². The Morgan fingerprint density at radius 2 is 2.00 bits per heavy atom. The van der Waals surface area contributed by atoms with E-state index in [4.69, 9.17) is 0 Å². The summed E-state index contributed by atoms with van der Waals surface area (Å²) < 4.78 is 4.42. The molecule has 0 aliphatic carbocycles. The zero-order chi connectivity index (χ0) is 9.07. The first-order chi connectivity index (χ1) is 4.88. The summed E-state index contributed by atoms with van der Waals surface area (Å²) in [6, 6.07) is 0. The number of ether oxygens (including phenoxy) is 1. The topological polar surface area (TPSA) is 46.5 Å². The highest BCUT2D eigenvalue weighted by molar-refractivity contribution is 5.69. The summed E-state index contributed by atoms with van der Waals surface area (Å²) in [5, 5.41) is 9.39. The summed E-state index contributed by atoms with van der Waals surface area (Å²) in [6.45, 7) is 5.63. The van der Waals surface area contributed by atoms with Crippen LogP contribution in [0.15, 0.2) is 0 Å². The van der Waals surface area contributed by atoms with Gasteiger partial charge in [0.15, 0.2) is 0 Å². The molecule has 0 aromatic rings. The predicted octanol–water partition coefficient (Wildman–Crippen LogP) is 0.956. The molecule has 0 aliphatic rings. The molecule has 3 nitrogen and oxygen atoms in total. The van der Waals surface area contributed by atoms with Crippen LogP contribution in [-0.4, -0.2) is 24.3 Å². The van der Waals surface area contributed by atoms with Gasteiger partial charge in [-0.15, -0.1) is 0 Å². The van der Waals surface area contributed by atoms with Crippen molar-refractivity contribution in [2.75, 3.05) is 7.11 Å². The molecular weight excluding hydrogens is 144 g/mol. The van der Waals surface area contributed by atoms with E-state index < -0.39 is 6.10 Å². The molecule has 0 rings (SSSR count). The van der Waals surface area contributed by atoms with E-state index in [-0.39, 0.29) is 17.8 Å². The summed E-state index contributed by atoms with van der Waals surface area (Å²) in [4.78, 5) is 10.7. The number of carbonyl (C=O) groups excluding carboxylic acids is 1. The number of rotatable bonds is 2. The van der Waals surface area contributed by atoms with Crippen molar-refractivity contribution in [1.29, 1.82) is 0 Å². The van der Waals surface area contributed by atoms with Crippen molar-refractivity contribution in [2.45, 2.75) is 33.3 Å². The van der Waals surface area contributed by atoms with Gasteiger partial charge in [-0.1, -0.05) is 20.8 Å². The third-order valence-corrected chi connectivity index (χ3v) is 1.59. The summed E-state index contributed by atoms with van der Waals surface area (Å²) >= 11 is 0. The number of aliphatic hydroxyl groups is 1. The van der Waals surface area contributed by atoms with Gasteiger partial charge in [-0.25, -0.2) is 0 Å². The van der Waals surface area contributed by atoms with E-state index in [9.17, 15) is 9.90 Å². The van der Waals surface area contributed by atoms with Crippen LogP contribution in [0.2, 0.25) is 0 Å². The van der Waals surface area contributed by atoms with Crippen LogP contribution in [0.4, 0.5) is 0 Å². The monoisotopic (exact) mass is 160 g/mol. The summed E-state index contributed by atoms with van der Waals surface area (Å²) in [5.74, 6) is -0.368. The van der Waals surface area contributed by atoms with E-state index in [1.807, 2.05) is 20.8 Å². The number of carbonyl (C=O) groups is 1. The van der Waals surface area contributed by atoms with Crippen LogP contribution >= 0.6 is 0 Å². The fourth-order valence-corrected chi connectivity index (χ4v) is 0.547. The Morgan fingerprint density at radius 3 is 2.27 bits per heavy atom. The zero-order valence-electron chi connectivity index (χ0n) is 7.55. The van der Waals surface area contributed by atoms with Crippen LogP contribution < -0.4 is 0 Å². The molecule has 11 heavy (non-hydrogen) atoms. The second-order valence-electron chi connectivity index (χ2n) is 3.66. The third kappa shape index (κ3) is 3.98. The predicted molar refractivity (Wildman–Crippen MR) is 42.1 cm³/mol. The summed E-state index contributed by atoms with van der Waals surface area (Å²) in [6.07, 6.45) is -0.560. The molecule has 0 amide bonds. The van der Waals surface area contributed by atoms with Crippen LogP contribution in [0, 0.1) is 5.41 Å². The molecule has 0 spiro atoms. The number of aliphatic hydroxyl groups excluding tert-OH is 1. The lowest BCUT2D eigenvalue weighted by Gasteiger charge is -2.24. The molecule has 1 atom stereocenters. The average Bonchev–Trinajstić information content (AvgIpc) is 1.85. The van der Waals surface area contributed by atoms with Gasteiger partial charge >= 0.3 is 5.97 Å². The second-order valence-corrected chi connectivity index (χ2v) is 3.66. The fraction of sp³-hybridized carbons (Fsp3) is 0.875. The smallest absolute Gasteiger partial charge is 0.308 e. The van der Waals surface area contributed by atoms with Gasteiger partial charge in [0.1, 0.15) is 0 Å². The lowest BCUT2D eigenvalue weighted by atomic mass is 9.87. The zero-order valence-corrected chi connectivity index (χ0v) is 7.55. The number of methoxy groups -OCH3 is 1. The molecule has 0 fully saturated rings. The van der Waals surface area contributed by atoms with Gasteiger partial charge in [0.25, 0.3) is 0 Å². The Hall–Kier alpha value is -0.570. The first kappa shape index (κ1) is 10.4. The Bertz CT molecular complexity index is 135. The lowest BCUT2D eigenvalue weighted by Crippen LogP contribution is -2.28. The molecule has 0 aliphatic heterocycles. The summed E-state index contributed by atoms with van der Waals surface area (Å²) in [7, 11) is 1.32. The lowest BCUT2D eigenvalue weighted by molar-refractivity contribution is -0.144. The maximum atomic E-state index is 10.7. The Morgan fingerprint density at radius 1 is 1.55 bits per heavy atom. The van der Waals surface area contributed by atoms with Crippen LogP contribution in [-0.2, 0) is 9.53 Å². The van der Waals surface area contributed by atoms with Crippen molar-refractivity contribution in [2.24, 2.45) is 5.41 Å². The highest BCUT2D eigenvalue weighted by atomic mass is 16.5. The second kappa shape index (κ2) is 3.72. The van der Waals surface area contributed by atoms with E-state index in [0.29, 0.717) is 0 Å². The van der Waals surface area contributed by atoms with Crippen LogP contribution in [0.25, 0.3) is 0 Å². The van der Waals surface area contributed by atoms with Crippen molar-refractivity contribution in [3.8, 4) is 0 Å². The molecule has 0 aromatic carbocycles. The van der Waals surface area contributed by atoms with Gasteiger partial charge in [-0.2, -0.15) is 0 Å². The molecule has 1 N–H and O–H groups in total. The minimum Gasteiger partial charge on any atom is -0.469 e. The Kier molecular flexibility index (Phi) is 3.52. The van der Waals surface area contributed by atoms with Crippen molar-refractivity contribution < 1.29 is 14.6 Å². The standard InChI is InChI=1S/C8H16O3/c1-8(2,3)6(9)5-7(10)11-4/h6,9H,5H2,1-4H3/t6-/m1/s1. The molecule has 0 heterocycles. The minimum absolute atomic E-state index is 0.0694. The Labute approximate surface area is 67.4 Å². The van der Waals surface area contributed by atoms with Gasteiger partial charge < -0.3 is 9.84 Å². The maximum absolute atomic E-state index is 10.7. The van der Waals surface area contributed by atoms with Crippen molar-refractivity contribution >= 4 is 5.97 Å². The van der Waals surface area contributed by atoms with E-state index in [1.165, 1.54) is 7.11 Å². The minimum atomic E-state index is -0.630. The van der Waals surface area contributed by atoms with Crippen molar-refractivity contribution in [1.82, 2.24) is 0 Å². The van der Waals surface area contributed by atoms with Gasteiger partial charge in [0, 0.05) is 0 Å². The molecule has 0 bridgehead atoms. The quantitative estimate of drug-likeness (QED) is 0.612. The largest absolute Gasteiger partial charge is 0.469 e. The molecule has 0 aromatic heterocycles. The third-order valence-electron chi connectivity index (χ3n) is 1.59. The molecule has 0 saturated heterocycles. The highest BCUT2D eigenvalue weighted by Crippen LogP contribution is 2.21. The molecule has 0 radical (unpaired) electrons. The molecule has 0 unspecified atom stereocenters. The van der Waals surface area contributed by atoms with Crippen molar-refractivity contribution in [3.63, 3.8) is 0 Å². The van der Waals surface area contributed by atoms with Crippen LogP contribution in [0.5, 0.6) is 0 Å². The first-order valence-electron chi connectivity index (χ1n) is 3.63. The van der Waals surface area contributed by atoms with E-state index in [1.54, 1.807) is 0 Å². The number of hydrogen-bond acceptors (Lipinski definition) is 3. The van der Waals surface area contributed by atoms with E-state index in [2.05, 4.69) is 4.74 Å². The van der Waals surface area contributed by atoms with Gasteiger partial charge in [-0.05, 0) is 5.41 Å².